The van der Waals surface area contributed by atoms with Gasteiger partial charge in [0.1, 0.15) is 0 Å². The van der Waals surface area contributed by atoms with Crippen molar-refractivity contribution in [1.82, 2.24) is 5.32 Å². The number of Topliss-reactive ketones (excluding diaryl/α,β-unsaturated/α-hetero) is 1. The third kappa shape index (κ3) is 4.27. The molecular weight excluding hydrogens is 398 g/mol. The highest BCUT2D eigenvalue weighted by atomic mass is 32.1. The summed E-state index contributed by atoms with van der Waals surface area (Å²) in [6.45, 7) is 1.36. The molecule has 0 radical (unpaired) electrons. The predicted molar refractivity (Wildman–Crippen MR) is 120 cm³/mol. The zero-order valence-corrected chi connectivity index (χ0v) is 18.0. The van der Waals surface area contributed by atoms with Crippen LogP contribution in [0.2, 0.25) is 0 Å². The molecule has 0 saturated carbocycles. The number of ether oxygens (including phenoxy) is 1. The van der Waals surface area contributed by atoms with Gasteiger partial charge in [-0.1, -0.05) is 18.2 Å². The van der Waals surface area contributed by atoms with Crippen LogP contribution in [0.3, 0.4) is 0 Å². The number of allylic oxidation sites excluding steroid dienone is 1. The minimum atomic E-state index is -0.270. The SMILES string of the molecule is COCCCNC(=O)CN1c2ccccc2NC2=C(C(=O)CCC2)[C@@H]1c1cccs1. The fraction of sp³-hybridized carbons (Fsp3) is 0.391. The highest BCUT2D eigenvalue weighted by Gasteiger charge is 2.37. The number of nitrogens with zero attached hydrogens (tertiary/aromatic N) is 1. The molecule has 2 N–H and O–H groups in total. The van der Waals surface area contributed by atoms with E-state index in [0.29, 0.717) is 19.6 Å². The van der Waals surface area contributed by atoms with Crippen molar-refractivity contribution in [3.63, 3.8) is 0 Å². The Morgan fingerprint density at radius 3 is 2.93 bits per heavy atom. The minimum absolute atomic E-state index is 0.0604. The van der Waals surface area contributed by atoms with Crippen molar-refractivity contribution >= 4 is 34.4 Å². The number of thiophene rings is 1. The van der Waals surface area contributed by atoms with Crippen LogP contribution >= 0.6 is 11.3 Å². The lowest BCUT2D eigenvalue weighted by Gasteiger charge is -2.34. The monoisotopic (exact) mass is 425 g/mol. The summed E-state index contributed by atoms with van der Waals surface area (Å²) in [5, 5.41) is 8.53. The van der Waals surface area contributed by atoms with Gasteiger partial charge in [-0.15, -0.1) is 11.3 Å². The van der Waals surface area contributed by atoms with Gasteiger partial charge in [-0.2, -0.15) is 0 Å². The van der Waals surface area contributed by atoms with Gasteiger partial charge in [0.25, 0.3) is 0 Å². The minimum Gasteiger partial charge on any atom is -0.385 e. The Bertz CT molecular complexity index is 939. The van der Waals surface area contributed by atoms with Gasteiger partial charge in [-0.25, -0.2) is 0 Å². The molecule has 1 aliphatic heterocycles. The lowest BCUT2D eigenvalue weighted by molar-refractivity contribution is -0.120. The number of carbonyl (C=O) groups excluding carboxylic acids is 2. The molecule has 6 nitrogen and oxygen atoms in total. The van der Waals surface area contributed by atoms with Crippen molar-refractivity contribution in [1.29, 1.82) is 0 Å². The molecule has 1 aromatic carbocycles. The third-order valence-corrected chi connectivity index (χ3v) is 6.44. The van der Waals surface area contributed by atoms with E-state index in [1.807, 2.05) is 35.7 Å². The lowest BCUT2D eigenvalue weighted by atomic mass is 9.88. The van der Waals surface area contributed by atoms with Crippen LogP contribution < -0.4 is 15.5 Å². The van der Waals surface area contributed by atoms with Gasteiger partial charge in [-0.3, -0.25) is 9.59 Å². The van der Waals surface area contributed by atoms with Crippen molar-refractivity contribution in [3.05, 3.63) is 57.9 Å². The molecule has 2 aromatic rings. The number of hydrogen-bond acceptors (Lipinski definition) is 6. The molecular formula is C23H27N3O3S. The molecule has 1 aromatic heterocycles. The fourth-order valence-corrected chi connectivity index (χ4v) is 5.02. The normalized spacial score (nSPS) is 18.4. The Balaban J connectivity index is 1.73. The Labute approximate surface area is 180 Å². The van der Waals surface area contributed by atoms with Crippen LogP contribution in [0.25, 0.3) is 0 Å². The second kappa shape index (κ2) is 9.45. The first-order valence-electron chi connectivity index (χ1n) is 10.4. The molecule has 0 unspecified atom stereocenters. The van der Waals surface area contributed by atoms with Gasteiger partial charge >= 0.3 is 0 Å². The molecule has 0 fully saturated rings. The lowest BCUT2D eigenvalue weighted by Crippen LogP contribution is -2.41. The topological polar surface area (TPSA) is 70.7 Å². The summed E-state index contributed by atoms with van der Waals surface area (Å²) in [4.78, 5) is 29.1. The van der Waals surface area contributed by atoms with Crippen LogP contribution in [0.4, 0.5) is 11.4 Å². The highest BCUT2D eigenvalue weighted by Crippen LogP contribution is 2.45. The van der Waals surface area contributed by atoms with Crippen LogP contribution in [0, 0.1) is 0 Å². The summed E-state index contributed by atoms with van der Waals surface area (Å²) in [6.07, 6.45) is 3.01. The van der Waals surface area contributed by atoms with Crippen LogP contribution in [-0.2, 0) is 14.3 Å². The maximum absolute atomic E-state index is 13.1. The molecule has 2 aliphatic rings. The van der Waals surface area contributed by atoms with E-state index in [0.717, 1.165) is 46.8 Å². The van der Waals surface area contributed by atoms with Crippen LogP contribution in [-0.4, -0.2) is 38.5 Å². The number of ketones is 1. The van der Waals surface area contributed by atoms with Crippen LogP contribution in [0.5, 0.6) is 0 Å². The number of fused-ring (bicyclic) bond motifs is 1. The zero-order valence-electron chi connectivity index (χ0n) is 17.1. The van der Waals surface area contributed by atoms with E-state index >= 15 is 0 Å². The second-order valence-corrected chi connectivity index (χ2v) is 8.53. The summed E-state index contributed by atoms with van der Waals surface area (Å²) in [5.74, 6) is 0.107. The Morgan fingerprint density at radius 2 is 2.13 bits per heavy atom. The average molecular weight is 426 g/mol. The number of carbonyl (C=O) groups is 2. The maximum atomic E-state index is 13.1. The summed E-state index contributed by atoms with van der Waals surface area (Å²) >= 11 is 1.62. The van der Waals surface area contributed by atoms with Crippen molar-refractivity contribution in [2.75, 3.05) is 37.0 Å². The maximum Gasteiger partial charge on any atom is 0.239 e. The Kier molecular flexibility index (Phi) is 6.50. The van der Waals surface area contributed by atoms with Crippen molar-refractivity contribution in [2.24, 2.45) is 0 Å². The first-order valence-corrected chi connectivity index (χ1v) is 11.2. The predicted octanol–water partition coefficient (Wildman–Crippen LogP) is 3.88. The van der Waals surface area contributed by atoms with E-state index in [1.54, 1.807) is 18.4 Å². The number of rotatable bonds is 7. The third-order valence-electron chi connectivity index (χ3n) is 5.51. The number of para-hydroxylation sites is 2. The van der Waals surface area contributed by atoms with E-state index in [4.69, 9.17) is 4.74 Å². The van der Waals surface area contributed by atoms with Gasteiger partial charge < -0.3 is 20.3 Å². The molecule has 1 amide bonds. The van der Waals surface area contributed by atoms with Gasteiger partial charge in [0.2, 0.25) is 5.91 Å². The molecule has 1 aliphatic carbocycles. The quantitative estimate of drug-likeness (QED) is 0.659. The standard InChI is InChI=1S/C23H27N3O3S/c1-29-13-6-12-24-21(28)15-26-18-9-3-2-7-16(18)25-17-8-4-10-19(27)22(17)23(26)20-11-5-14-30-20/h2-3,5,7,9,11,14,23,25H,4,6,8,10,12-13,15H2,1H3,(H,24,28)/t23-/m0/s1. The van der Waals surface area contributed by atoms with Gasteiger partial charge in [0.15, 0.2) is 5.78 Å². The first-order chi connectivity index (χ1) is 14.7. The molecule has 30 heavy (non-hydrogen) atoms. The van der Waals surface area contributed by atoms with Crippen LogP contribution in [0.1, 0.15) is 36.6 Å². The van der Waals surface area contributed by atoms with Gasteiger partial charge in [0, 0.05) is 42.8 Å². The highest BCUT2D eigenvalue weighted by molar-refractivity contribution is 7.10. The smallest absolute Gasteiger partial charge is 0.239 e. The largest absolute Gasteiger partial charge is 0.385 e. The second-order valence-electron chi connectivity index (χ2n) is 7.55. The van der Waals surface area contributed by atoms with Gasteiger partial charge in [0.05, 0.1) is 24.0 Å². The molecule has 0 saturated heterocycles. The molecule has 0 spiro atoms. The number of benzene rings is 1. The molecule has 0 bridgehead atoms. The molecule has 7 heteroatoms. The zero-order chi connectivity index (χ0) is 20.9. The first kappa shape index (κ1) is 20.6. The van der Waals surface area contributed by atoms with E-state index in [1.165, 1.54) is 0 Å². The van der Waals surface area contributed by atoms with E-state index in [9.17, 15) is 9.59 Å². The number of amides is 1. The van der Waals surface area contributed by atoms with E-state index in [2.05, 4.69) is 21.6 Å². The summed E-state index contributed by atoms with van der Waals surface area (Å²) in [5.41, 5.74) is 3.66. The number of nitrogens with one attached hydrogen (secondary N) is 2. The number of methoxy groups -OCH3 is 1. The molecule has 158 valence electrons. The van der Waals surface area contributed by atoms with Crippen LogP contribution in [0.15, 0.2) is 53.0 Å². The Morgan fingerprint density at radius 1 is 1.27 bits per heavy atom. The van der Waals surface area contributed by atoms with Crippen molar-refractivity contribution < 1.29 is 14.3 Å². The van der Waals surface area contributed by atoms with E-state index < -0.39 is 0 Å². The average Bonchev–Trinajstić information content (AvgIpc) is 3.23. The van der Waals surface area contributed by atoms with Crippen molar-refractivity contribution in [2.45, 2.75) is 31.7 Å². The van der Waals surface area contributed by atoms with Gasteiger partial charge in [-0.05, 0) is 42.8 Å². The molecule has 1 atom stereocenters. The molecule has 4 rings (SSSR count). The van der Waals surface area contributed by atoms with E-state index in [-0.39, 0.29) is 24.3 Å². The van der Waals surface area contributed by atoms with Crippen molar-refractivity contribution in [3.8, 4) is 0 Å². The number of anilines is 2. The molecule has 2 heterocycles. The number of hydrogen-bond donors (Lipinski definition) is 2. The fourth-order valence-electron chi connectivity index (χ4n) is 4.17. The Hall–Kier alpha value is -2.64. The summed E-state index contributed by atoms with van der Waals surface area (Å²) in [6, 6.07) is 11.8. The summed E-state index contributed by atoms with van der Waals surface area (Å²) < 4.78 is 5.06. The summed E-state index contributed by atoms with van der Waals surface area (Å²) in [7, 11) is 1.65.